The molecule has 3 rings (SSSR count). The summed E-state index contributed by atoms with van der Waals surface area (Å²) >= 11 is 0. The lowest BCUT2D eigenvalue weighted by molar-refractivity contribution is 0.136. The van der Waals surface area contributed by atoms with Crippen molar-refractivity contribution in [3.05, 3.63) is 29.6 Å². The number of imidazole rings is 1. The zero-order chi connectivity index (χ0) is 12.0. The van der Waals surface area contributed by atoms with Gasteiger partial charge >= 0.3 is 0 Å². The molecule has 0 radical (unpaired) electrons. The summed E-state index contributed by atoms with van der Waals surface area (Å²) in [7, 11) is 0. The Labute approximate surface area is 96.3 Å². The summed E-state index contributed by atoms with van der Waals surface area (Å²) in [5.74, 6) is -0.183. The molecule has 1 aliphatic carbocycles. The highest BCUT2D eigenvalue weighted by molar-refractivity contribution is 5.78. The summed E-state index contributed by atoms with van der Waals surface area (Å²) in [4.78, 5) is 3.94. The summed E-state index contributed by atoms with van der Waals surface area (Å²) in [6.45, 7) is 0. The fourth-order valence-corrected chi connectivity index (χ4v) is 2.06. The number of benzene rings is 1. The van der Waals surface area contributed by atoms with Gasteiger partial charge in [-0.1, -0.05) is 0 Å². The Balaban J connectivity index is 2.27. The van der Waals surface area contributed by atoms with Gasteiger partial charge in [0, 0.05) is 6.04 Å². The minimum absolute atomic E-state index is 0.150. The standard InChI is InChI=1S/C12H9F2N3/c13-11(14)12-16-9-5-7(6-15)1-4-10(9)17(12)8-2-3-8/h1,4-5,8,11H,2-3H2. The molecule has 0 bridgehead atoms. The number of alkyl halides is 2. The molecule has 0 unspecified atom stereocenters. The first-order chi connectivity index (χ1) is 8.20. The van der Waals surface area contributed by atoms with E-state index in [9.17, 15) is 8.78 Å². The van der Waals surface area contributed by atoms with Gasteiger partial charge in [0.15, 0.2) is 5.82 Å². The molecule has 1 aromatic carbocycles. The Morgan fingerprint density at radius 2 is 2.18 bits per heavy atom. The first-order valence-electron chi connectivity index (χ1n) is 5.41. The van der Waals surface area contributed by atoms with E-state index in [-0.39, 0.29) is 11.9 Å². The Hall–Kier alpha value is -1.96. The summed E-state index contributed by atoms with van der Waals surface area (Å²) in [5.41, 5.74) is 1.62. The van der Waals surface area contributed by atoms with E-state index in [4.69, 9.17) is 5.26 Å². The molecule has 0 aliphatic heterocycles. The molecule has 0 spiro atoms. The van der Waals surface area contributed by atoms with Crippen molar-refractivity contribution >= 4 is 11.0 Å². The molecule has 3 nitrogen and oxygen atoms in total. The second kappa shape index (κ2) is 3.52. The van der Waals surface area contributed by atoms with E-state index < -0.39 is 6.43 Å². The van der Waals surface area contributed by atoms with Crippen LogP contribution in [-0.2, 0) is 0 Å². The molecule has 5 heteroatoms. The van der Waals surface area contributed by atoms with Crippen LogP contribution in [0, 0.1) is 11.3 Å². The van der Waals surface area contributed by atoms with Crippen LogP contribution in [0.5, 0.6) is 0 Å². The molecule has 0 N–H and O–H groups in total. The highest BCUT2D eigenvalue weighted by Crippen LogP contribution is 2.40. The molecule has 1 aromatic heterocycles. The lowest BCUT2D eigenvalue weighted by atomic mass is 10.2. The second-order valence-corrected chi connectivity index (χ2v) is 4.19. The zero-order valence-corrected chi connectivity index (χ0v) is 8.90. The van der Waals surface area contributed by atoms with Crippen LogP contribution in [0.3, 0.4) is 0 Å². The first kappa shape index (κ1) is 10.2. The van der Waals surface area contributed by atoms with Crippen molar-refractivity contribution in [1.82, 2.24) is 9.55 Å². The number of fused-ring (bicyclic) bond motifs is 1. The molecule has 1 saturated carbocycles. The molecule has 86 valence electrons. The molecular formula is C12H9F2N3. The molecular weight excluding hydrogens is 224 g/mol. The normalized spacial score (nSPS) is 15.4. The van der Waals surface area contributed by atoms with Crippen LogP contribution < -0.4 is 0 Å². The van der Waals surface area contributed by atoms with Gasteiger partial charge < -0.3 is 4.57 Å². The number of nitriles is 1. The third-order valence-corrected chi connectivity index (χ3v) is 2.95. The van der Waals surface area contributed by atoms with E-state index in [0.29, 0.717) is 16.6 Å². The second-order valence-electron chi connectivity index (χ2n) is 4.19. The fraction of sp³-hybridized carbons (Fsp3) is 0.333. The predicted octanol–water partition coefficient (Wildman–Crippen LogP) is 3.18. The van der Waals surface area contributed by atoms with Crippen LogP contribution in [0.1, 0.15) is 36.7 Å². The summed E-state index contributed by atoms with van der Waals surface area (Å²) in [6, 6.07) is 7.03. The van der Waals surface area contributed by atoms with Crippen LogP contribution in [0.25, 0.3) is 11.0 Å². The van der Waals surface area contributed by atoms with Crippen molar-refractivity contribution in [2.24, 2.45) is 0 Å². The van der Waals surface area contributed by atoms with Crippen LogP contribution in [0.15, 0.2) is 18.2 Å². The quantitative estimate of drug-likeness (QED) is 0.799. The summed E-state index contributed by atoms with van der Waals surface area (Å²) < 4.78 is 27.4. The van der Waals surface area contributed by atoms with Crippen molar-refractivity contribution in [2.45, 2.75) is 25.3 Å². The van der Waals surface area contributed by atoms with E-state index in [1.54, 1.807) is 22.8 Å². The molecule has 0 atom stereocenters. The van der Waals surface area contributed by atoms with E-state index in [0.717, 1.165) is 12.8 Å². The maximum atomic E-state index is 12.9. The number of halogens is 2. The first-order valence-corrected chi connectivity index (χ1v) is 5.41. The average Bonchev–Trinajstić information content (AvgIpc) is 3.08. The Morgan fingerprint density at radius 3 is 2.76 bits per heavy atom. The third-order valence-electron chi connectivity index (χ3n) is 2.95. The maximum Gasteiger partial charge on any atom is 0.295 e. The topological polar surface area (TPSA) is 41.6 Å². The van der Waals surface area contributed by atoms with Gasteiger partial charge in [-0.25, -0.2) is 13.8 Å². The van der Waals surface area contributed by atoms with Crippen molar-refractivity contribution in [3.8, 4) is 6.07 Å². The van der Waals surface area contributed by atoms with Crippen LogP contribution in [0.4, 0.5) is 8.78 Å². The van der Waals surface area contributed by atoms with Gasteiger partial charge in [0.1, 0.15) is 0 Å². The Kier molecular flexibility index (Phi) is 2.11. The van der Waals surface area contributed by atoms with Gasteiger partial charge in [-0.2, -0.15) is 5.26 Å². The van der Waals surface area contributed by atoms with Crippen LogP contribution in [0.2, 0.25) is 0 Å². The van der Waals surface area contributed by atoms with Gasteiger partial charge in [0.25, 0.3) is 6.43 Å². The molecule has 0 amide bonds. The molecule has 2 aromatic rings. The van der Waals surface area contributed by atoms with Gasteiger partial charge in [0.05, 0.1) is 22.7 Å². The lowest BCUT2D eigenvalue weighted by Gasteiger charge is -2.05. The minimum Gasteiger partial charge on any atom is -0.320 e. The van der Waals surface area contributed by atoms with Crippen LogP contribution in [-0.4, -0.2) is 9.55 Å². The largest absolute Gasteiger partial charge is 0.320 e. The molecule has 1 aliphatic rings. The van der Waals surface area contributed by atoms with Crippen molar-refractivity contribution in [2.75, 3.05) is 0 Å². The molecule has 0 saturated heterocycles. The highest BCUT2D eigenvalue weighted by atomic mass is 19.3. The molecule has 1 fully saturated rings. The average molecular weight is 233 g/mol. The zero-order valence-electron chi connectivity index (χ0n) is 8.90. The third kappa shape index (κ3) is 1.57. The lowest BCUT2D eigenvalue weighted by Crippen LogP contribution is -2.01. The number of nitrogens with zero attached hydrogens (tertiary/aromatic N) is 3. The molecule has 1 heterocycles. The van der Waals surface area contributed by atoms with Crippen LogP contribution >= 0.6 is 0 Å². The maximum absolute atomic E-state index is 12.9. The fourth-order valence-electron chi connectivity index (χ4n) is 2.06. The number of hydrogen-bond donors (Lipinski definition) is 0. The van der Waals surface area contributed by atoms with Gasteiger partial charge in [-0.3, -0.25) is 0 Å². The van der Waals surface area contributed by atoms with E-state index in [1.807, 2.05) is 6.07 Å². The van der Waals surface area contributed by atoms with Crippen molar-refractivity contribution < 1.29 is 8.78 Å². The minimum atomic E-state index is -2.58. The smallest absolute Gasteiger partial charge is 0.295 e. The number of aromatic nitrogens is 2. The van der Waals surface area contributed by atoms with Gasteiger partial charge in [0.2, 0.25) is 0 Å². The van der Waals surface area contributed by atoms with Gasteiger partial charge in [-0.05, 0) is 31.0 Å². The van der Waals surface area contributed by atoms with Crippen molar-refractivity contribution in [3.63, 3.8) is 0 Å². The number of hydrogen-bond acceptors (Lipinski definition) is 2. The van der Waals surface area contributed by atoms with E-state index in [1.165, 1.54) is 0 Å². The Bertz CT molecular complexity index is 620. The highest BCUT2D eigenvalue weighted by Gasteiger charge is 2.31. The van der Waals surface area contributed by atoms with Crippen molar-refractivity contribution in [1.29, 1.82) is 5.26 Å². The predicted molar refractivity (Wildman–Crippen MR) is 57.7 cm³/mol. The van der Waals surface area contributed by atoms with E-state index in [2.05, 4.69) is 4.98 Å². The summed E-state index contributed by atoms with van der Waals surface area (Å²) in [6.07, 6.45) is -0.732. The number of rotatable bonds is 2. The Morgan fingerprint density at radius 1 is 1.41 bits per heavy atom. The van der Waals surface area contributed by atoms with E-state index >= 15 is 0 Å². The molecule has 17 heavy (non-hydrogen) atoms. The van der Waals surface area contributed by atoms with Gasteiger partial charge in [-0.15, -0.1) is 0 Å². The SMILES string of the molecule is N#Cc1ccc2c(c1)nc(C(F)F)n2C1CC1. The summed E-state index contributed by atoms with van der Waals surface area (Å²) in [5, 5.41) is 8.77. The monoisotopic (exact) mass is 233 g/mol.